The molecular formula is C13H25ClN2O2. The van der Waals surface area contributed by atoms with Gasteiger partial charge in [-0.05, 0) is 52.5 Å². The Hall–Kier alpha value is -0.480. The number of piperidine rings is 2. The molecule has 2 atom stereocenters. The van der Waals surface area contributed by atoms with Gasteiger partial charge in [-0.3, -0.25) is 0 Å². The molecule has 0 aromatic rings. The minimum atomic E-state index is -0.397. The summed E-state index contributed by atoms with van der Waals surface area (Å²) in [6, 6.07) is 0.340. The van der Waals surface area contributed by atoms with Crippen LogP contribution < -0.4 is 5.32 Å². The normalized spacial score (nSPS) is 28.1. The molecule has 2 heterocycles. The molecule has 1 amide bonds. The minimum absolute atomic E-state index is 0. The van der Waals surface area contributed by atoms with Crippen molar-refractivity contribution >= 4 is 18.5 Å². The highest BCUT2D eigenvalue weighted by molar-refractivity contribution is 5.85. The van der Waals surface area contributed by atoms with Gasteiger partial charge in [0.05, 0.1) is 6.04 Å². The first kappa shape index (κ1) is 15.6. The fourth-order valence-electron chi connectivity index (χ4n) is 2.83. The molecule has 4 nitrogen and oxygen atoms in total. The number of rotatable bonds is 0. The average Bonchev–Trinajstić information content (AvgIpc) is 2.26. The van der Waals surface area contributed by atoms with Crippen LogP contribution in [0.15, 0.2) is 0 Å². The summed E-state index contributed by atoms with van der Waals surface area (Å²) in [5, 5.41) is 3.38. The fourth-order valence-corrected chi connectivity index (χ4v) is 2.83. The van der Waals surface area contributed by atoms with Crippen LogP contribution in [-0.2, 0) is 4.74 Å². The lowest BCUT2D eigenvalue weighted by atomic mass is 9.84. The van der Waals surface area contributed by atoms with Crippen LogP contribution in [0.2, 0.25) is 0 Å². The highest BCUT2D eigenvalue weighted by Gasteiger charge is 2.37. The van der Waals surface area contributed by atoms with Gasteiger partial charge in [0.1, 0.15) is 5.60 Å². The van der Waals surface area contributed by atoms with E-state index in [0.717, 1.165) is 26.1 Å². The van der Waals surface area contributed by atoms with Crippen LogP contribution >= 0.6 is 12.4 Å². The summed E-state index contributed by atoms with van der Waals surface area (Å²) in [6.07, 6.45) is 3.41. The molecule has 0 aromatic heterocycles. The monoisotopic (exact) mass is 276 g/mol. The van der Waals surface area contributed by atoms with Crippen LogP contribution in [-0.4, -0.2) is 42.3 Å². The molecule has 0 aliphatic carbocycles. The molecule has 5 heteroatoms. The van der Waals surface area contributed by atoms with Gasteiger partial charge in [0.2, 0.25) is 0 Å². The third kappa shape index (κ3) is 3.75. The molecule has 2 fully saturated rings. The predicted molar refractivity (Wildman–Crippen MR) is 74.2 cm³/mol. The number of amides is 1. The number of halogens is 1. The van der Waals surface area contributed by atoms with Gasteiger partial charge in [-0.2, -0.15) is 0 Å². The average molecular weight is 277 g/mol. The lowest BCUT2D eigenvalue weighted by molar-refractivity contribution is -0.00437. The molecule has 2 unspecified atom stereocenters. The standard InChI is InChI=1S/C13H24N2O2.ClH/c1-13(2,3)17-12(16)15-8-4-5-10-6-7-14-9-11(10)15;/h10-11,14H,4-9H2,1-3H3;1H. The second-order valence-corrected chi connectivity index (χ2v) is 6.14. The highest BCUT2D eigenvalue weighted by atomic mass is 35.5. The largest absolute Gasteiger partial charge is 0.444 e. The van der Waals surface area contributed by atoms with Gasteiger partial charge in [0.15, 0.2) is 0 Å². The van der Waals surface area contributed by atoms with Gasteiger partial charge in [-0.25, -0.2) is 4.79 Å². The van der Waals surface area contributed by atoms with Crippen molar-refractivity contribution in [3.05, 3.63) is 0 Å². The Labute approximate surface area is 116 Å². The molecule has 106 valence electrons. The molecule has 2 saturated heterocycles. The van der Waals surface area contributed by atoms with Crippen molar-refractivity contribution in [2.75, 3.05) is 19.6 Å². The summed E-state index contributed by atoms with van der Waals surface area (Å²) in [5.74, 6) is 0.664. The maximum absolute atomic E-state index is 12.1. The lowest BCUT2D eigenvalue weighted by Crippen LogP contribution is -2.56. The summed E-state index contributed by atoms with van der Waals surface area (Å²) >= 11 is 0. The topological polar surface area (TPSA) is 41.6 Å². The van der Waals surface area contributed by atoms with Crippen molar-refractivity contribution in [2.24, 2.45) is 5.92 Å². The Kier molecular flexibility index (Phi) is 5.29. The SMILES string of the molecule is CC(C)(C)OC(=O)N1CCCC2CCNCC21.Cl. The minimum Gasteiger partial charge on any atom is -0.444 e. The van der Waals surface area contributed by atoms with Crippen LogP contribution in [0.4, 0.5) is 4.79 Å². The van der Waals surface area contributed by atoms with E-state index in [9.17, 15) is 4.79 Å². The van der Waals surface area contributed by atoms with Gasteiger partial charge < -0.3 is 15.0 Å². The Morgan fingerprint density at radius 2 is 2.06 bits per heavy atom. The van der Waals surface area contributed by atoms with E-state index in [1.54, 1.807) is 0 Å². The molecule has 0 aromatic carbocycles. The highest BCUT2D eigenvalue weighted by Crippen LogP contribution is 2.29. The number of nitrogens with one attached hydrogen (secondary N) is 1. The smallest absolute Gasteiger partial charge is 0.410 e. The Bertz CT molecular complexity index is 289. The molecule has 2 rings (SSSR count). The van der Waals surface area contributed by atoms with Gasteiger partial charge in [0, 0.05) is 13.1 Å². The van der Waals surface area contributed by atoms with Crippen LogP contribution in [0.25, 0.3) is 0 Å². The van der Waals surface area contributed by atoms with Crippen LogP contribution in [0.1, 0.15) is 40.0 Å². The van der Waals surface area contributed by atoms with Gasteiger partial charge in [-0.1, -0.05) is 0 Å². The van der Waals surface area contributed by atoms with E-state index >= 15 is 0 Å². The van der Waals surface area contributed by atoms with Crippen molar-refractivity contribution in [1.29, 1.82) is 0 Å². The molecule has 0 saturated carbocycles. The first-order valence-corrected chi connectivity index (χ1v) is 6.68. The second-order valence-electron chi connectivity index (χ2n) is 6.14. The first-order chi connectivity index (χ1) is 7.97. The molecule has 0 radical (unpaired) electrons. The van der Waals surface area contributed by atoms with Crippen molar-refractivity contribution in [1.82, 2.24) is 10.2 Å². The van der Waals surface area contributed by atoms with Crippen molar-refractivity contribution < 1.29 is 9.53 Å². The number of likely N-dealkylation sites (tertiary alicyclic amines) is 1. The van der Waals surface area contributed by atoms with Crippen LogP contribution in [0.3, 0.4) is 0 Å². The van der Waals surface area contributed by atoms with E-state index in [4.69, 9.17) is 4.74 Å². The summed E-state index contributed by atoms with van der Waals surface area (Å²) < 4.78 is 5.49. The van der Waals surface area contributed by atoms with Gasteiger partial charge in [0.25, 0.3) is 0 Å². The zero-order valence-electron chi connectivity index (χ0n) is 11.6. The van der Waals surface area contributed by atoms with E-state index < -0.39 is 5.60 Å². The fraction of sp³-hybridized carbons (Fsp3) is 0.923. The zero-order chi connectivity index (χ0) is 12.5. The number of carbonyl (C=O) groups is 1. The Morgan fingerprint density at radius 1 is 1.33 bits per heavy atom. The lowest BCUT2D eigenvalue weighted by Gasteiger charge is -2.44. The zero-order valence-corrected chi connectivity index (χ0v) is 12.4. The number of carbonyl (C=O) groups excluding carboxylic acids is 1. The summed E-state index contributed by atoms with van der Waals surface area (Å²) in [7, 11) is 0. The molecule has 1 N–H and O–H groups in total. The quantitative estimate of drug-likeness (QED) is 0.739. The second kappa shape index (κ2) is 6.11. The third-order valence-corrected chi connectivity index (χ3v) is 3.59. The summed E-state index contributed by atoms with van der Waals surface area (Å²) in [6.45, 7) is 8.62. The van der Waals surface area contributed by atoms with E-state index in [2.05, 4.69) is 5.32 Å². The van der Waals surface area contributed by atoms with Crippen LogP contribution in [0.5, 0.6) is 0 Å². The van der Waals surface area contributed by atoms with E-state index in [-0.39, 0.29) is 18.5 Å². The number of nitrogens with zero attached hydrogens (tertiary/aromatic N) is 1. The van der Waals surface area contributed by atoms with Crippen molar-refractivity contribution in [2.45, 2.75) is 51.7 Å². The molecule has 0 spiro atoms. The molecule has 2 aliphatic rings. The summed E-state index contributed by atoms with van der Waals surface area (Å²) in [5.41, 5.74) is -0.397. The van der Waals surface area contributed by atoms with E-state index in [1.807, 2.05) is 25.7 Å². The first-order valence-electron chi connectivity index (χ1n) is 6.68. The maximum atomic E-state index is 12.1. The maximum Gasteiger partial charge on any atom is 0.410 e. The Morgan fingerprint density at radius 3 is 2.72 bits per heavy atom. The summed E-state index contributed by atoms with van der Waals surface area (Å²) in [4.78, 5) is 14.1. The number of hydrogen-bond donors (Lipinski definition) is 1. The molecular weight excluding hydrogens is 252 g/mol. The number of fused-ring (bicyclic) bond motifs is 1. The van der Waals surface area contributed by atoms with Crippen molar-refractivity contribution in [3.63, 3.8) is 0 Å². The van der Waals surface area contributed by atoms with Crippen molar-refractivity contribution in [3.8, 4) is 0 Å². The number of hydrogen-bond acceptors (Lipinski definition) is 3. The van der Waals surface area contributed by atoms with Gasteiger partial charge >= 0.3 is 6.09 Å². The molecule has 0 bridgehead atoms. The molecule has 2 aliphatic heterocycles. The van der Waals surface area contributed by atoms with Gasteiger partial charge in [-0.15, -0.1) is 12.4 Å². The third-order valence-electron chi connectivity index (χ3n) is 3.59. The number of ether oxygens (including phenoxy) is 1. The van der Waals surface area contributed by atoms with E-state index in [0.29, 0.717) is 12.0 Å². The van der Waals surface area contributed by atoms with E-state index in [1.165, 1.54) is 12.8 Å². The Balaban J connectivity index is 0.00000162. The molecule has 18 heavy (non-hydrogen) atoms. The van der Waals surface area contributed by atoms with Crippen LogP contribution in [0, 0.1) is 5.92 Å². The predicted octanol–water partition coefficient (Wildman–Crippen LogP) is 2.42.